The molecule has 0 aromatic rings. The molecule has 78 valence electrons. The average Bonchev–Trinajstić information content (AvgIpc) is 2.21. The number of hydrogen-bond acceptors (Lipinski definition) is 0. The predicted molar refractivity (Wildman–Crippen MR) is 69.2 cm³/mol. The van der Waals surface area contributed by atoms with Gasteiger partial charge in [-0.25, -0.2) is 0 Å². The third-order valence-corrected chi connectivity index (χ3v) is 5.78. The van der Waals surface area contributed by atoms with E-state index in [1.165, 1.54) is 47.1 Å². The second kappa shape index (κ2) is 7.66. The normalized spacial score (nSPS) is 25.7. The summed E-state index contributed by atoms with van der Waals surface area (Å²) in [4.78, 5) is 0. The van der Waals surface area contributed by atoms with Gasteiger partial charge in [-0.1, -0.05) is 38.5 Å². The van der Waals surface area contributed by atoms with Gasteiger partial charge in [-0.05, 0) is 37.0 Å². The van der Waals surface area contributed by atoms with Crippen LogP contribution in [-0.2, 0) is 0 Å². The van der Waals surface area contributed by atoms with Crippen LogP contribution in [0.5, 0.6) is 0 Å². The molecule has 0 nitrogen and oxygen atoms in total. The molecule has 2 fully saturated rings. The van der Waals surface area contributed by atoms with Crippen molar-refractivity contribution in [3.8, 4) is 0 Å². The van der Waals surface area contributed by atoms with Gasteiger partial charge in [0.15, 0.2) is 0 Å². The van der Waals surface area contributed by atoms with Gasteiger partial charge in [0.25, 0.3) is 0 Å². The zero-order valence-electron chi connectivity index (χ0n) is 8.73. The molecule has 2 saturated carbocycles. The van der Waals surface area contributed by atoms with Crippen LogP contribution in [0.3, 0.4) is 0 Å². The van der Waals surface area contributed by atoms with Crippen LogP contribution in [0, 0.1) is 0 Å². The standard InChI is InChI=1S/C12H23P.Na.H/c1-3-7-11(8-4-1)13-12-9-5-2-6-10-12;;/h11-13H,1-10H2;;. The van der Waals surface area contributed by atoms with Crippen LogP contribution >= 0.6 is 8.58 Å². The minimum atomic E-state index is 0. The molecular weight excluding hydrogens is 198 g/mol. The second-order valence-electron chi connectivity index (χ2n) is 4.84. The molecule has 0 aromatic heterocycles. The van der Waals surface area contributed by atoms with E-state index in [9.17, 15) is 0 Å². The van der Waals surface area contributed by atoms with Crippen LogP contribution in [-0.4, -0.2) is 40.9 Å². The van der Waals surface area contributed by atoms with E-state index in [1.54, 1.807) is 25.7 Å². The van der Waals surface area contributed by atoms with E-state index in [1.807, 2.05) is 0 Å². The third-order valence-electron chi connectivity index (χ3n) is 3.68. The molecule has 0 atom stereocenters. The van der Waals surface area contributed by atoms with Crippen molar-refractivity contribution in [2.75, 3.05) is 0 Å². The topological polar surface area (TPSA) is 0 Å². The van der Waals surface area contributed by atoms with Crippen LogP contribution in [0.1, 0.15) is 64.2 Å². The van der Waals surface area contributed by atoms with Gasteiger partial charge >= 0.3 is 29.6 Å². The predicted octanol–water partition coefficient (Wildman–Crippen LogP) is 3.68. The fraction of sp³-hybridized carbons (Fsp3) is 1.00. The monoisotopic (exact) mass is 222 g/mol. The first-order valence-electron chi connectivity index (χ1n) is 6.21. The molecule has 0 spiro atoms. The van der Waals surface area contributed by atoms with Crippen LogP contribution in [0.2, 0.25) is 0 Å². The molecular formula is C12H24NaP. The van der Waals surface area contributed by atoms with E-state index < -0.39 is 0 Å². The fourth-order valence-electron chi connectivity index (χ4n) is 2.87. The summed E-state index contributed by atoms with van der Waals surface area (Å²) in [5, 5.41) is 0. The quantitative estimate of drug-likeness (QED) is 0.494. The van der Waals surface area contributed by atoms with Crippen molar-refractivity contribution >= 4 is 38.1 Å². The van der Waals surface area contributed by atoms with E-state index in [-0.39, 0.29) is 29.6 Å². The summed E-state index contributed by atoms with van der Waals surface area (Å²) < 4.78 is 0. The Morgan fingerprint density at radius 3 is 1.29 bits per heavy atom. The Morgan fingerprint density at radius 2 is 0.929 bits per heavy atom. The molecule has 0 saturated heterocycles. The fourth-order valence-corrected chi connectivity index (χ4v) is 5.02. The molecule has 0 heterocycles. The van der Waals surface area contributed by atoms with Crippen molar-refractivity contribution in [2.45, 2.75) is 75.5 Å². The first-order chi connectivity index (χ1) is 6.45. The second-order valence-corrected chi connectivity index (χ2v) is 6.80. The summed E-state index contributed by atoms with van der Waals surface area (Å²) in [6, 6.07) is 0. The summed E-state index contributed by atoms with van der Waals surface area (Å²) in [6.45, 7) is 0. The number of rotatable bonds is 2. The third kappa shape index (κ3) is 4.52. The molecule has 2 rings (SSSR count). The van der Waals surface area contributed by atoms with Gasteiger partial charge in [-0.2, -0.15) is 0 Å². The van der Waals surface area contributed by atoms with Gasteiger partial charge in [0, 0.05) is 0 Å². The molecule has 0 unspecified atom stereocenters. The van der Waals surface area contributed by atoms with Crippen molar-refractivity contribution in [3.05, 3.63) is 0 Å². The zero-order valence-corrected chi connectivity index (χ0v) is 9.73. The Kier molecular flexibility index (Phi) is 7.39. The van der Waals surface area contributed by atoms with E-state index in [2.05, 4.69) is 0 Å². The Hall–Kier alpha value is 1.43. The molecule has 2 aliphatic rings. The van der Waals surface area contributed by atoms with E-state index in [4.69, 9.17) is 0 Å². The van der Waals surface area contributed by atoms with Gasteiger partial charge in [-0.15, -0.1) is 8.58 Å². The Balaban J connectivity index is 0.000000980. The molecule has 0 radical (unpaired) electrons. The molecule has 0 bridgehead atoms. The average molecular weight is 222 g/mol. The van der Waals surface area contributed by atoms with Crippen LogP contribution < -0.4 is 0 Å². The van der Waals surface area contributed by atoms with Crippen LogP contribution in [0.4, 0.5) is 0 Å². The van der Waals surface area contributed by atoms with E-state index in [0.29, 0.717) is 0 Å². The molecule has 0 N–H and O–H groups in total. The number of hydrogen-bond donors (Lipinski definition) is 0. The van der Waals surface area contributed by atoms with Gasteiger partial charge in [0.1, 0.15) is 0 Å². The van der Waals surface area contributed by atoms with Crippen LogP contribution in [0.25, 0.3) is 0 Å². The molecule has 0 aromatic carbocycles. The Labute approximate surface area is 113 Å². The van der Waals surface area contributed by atoms with Gasteiger partial charge in [0.05, 0.1) is 0 Å². The SMILES string of the molecule is C1CCC(PC2CCCCC2)CC1.[NaH]. The Bertz CT molecular complexity index is 121. The van der Waals surface area contributed by atoms with Crippen molar-refractivity contribution in [1.82, 2.24) is 0 Å². The van der Waals surface area contributed by atoms with Crippen LogP contribution in [0.15, 0.2) is 0 Å². The summed E-state index contributed by atoms with van der Waals surface area (Å²) in [7, 11) is 1.33. The van der Waals surface area contributed by atoms with Crippen molar-refractivity contribution < 1.29 is 0 Å². The Morgan fingerprint density at radius 1 is 0.571 bits per heavy atom. The molecule has 14 heavy (non-hydrogen) atoms. The van der Waals surface area contributed by atoms with Gasteiger partial charge in [-0.3, -0.25) is 0 Å². The van der Waals surface area contributed by atoms with E-state index >= 15 is 0 Å². The van der Waals surface area contributed by atoms with E-state index in [0.717, 1.165) is 11.3 Å². The zero-order chi connectivity index (χ0) is 8.93. The van der Waals surface area contributed by atoms with Gasteiger partial charge < -0.3 is 0 Å². The minimum absolute atomic E-state index is 0. The first kappa shape index (κ1) is 13.5. The molecule has 2 aliphatic carbocycles. The summed E-state index contributed by atoms with van der Waals surface area (Å²) in [5.41, 5.74) is 2.30. The van der Waals surface area contributed by atoms with Gasteiger partial charge in [0.2, 0.25) is 0 Å². The van der Waals surface area contributed by atoms with Crippen molar-refractivity contribution in [1.29, 1.82) is 0 Å². The molecule has 2 heteroatoms. The summed E-state index contributed by atoms with van der Waals surface area (Å²) in [6.07, 6.45) is 15.4. The molecule has 0 aliphatic heterocycles. The van der Waals surface area contributed by atoms with Crippen molar-refractivity contribution in [2.24, 2.45) is 0 Å². The summed E-state index contributed by atoms with van der Waals surface area (Å²) >= 11 is 0. The summed E-state index contributed by atoms with van der Waals surface area (Å²) in [5.74, 6) is 0. The maximum atomic E-state index is 1.56. The maximum absolute atomic E-state index is 1.56. The first-order valence-corrected chi connectivity index (χ1v) is 7.37. The molecule has 0 amide bonds. The van der Waals surface area contributed by atoms with Crippen molar-refractivity contribution in [3.63, 3.8) is 0 Å².